The number of aromatic nitrogens is 3. The predicted molar refractivity (Wildman–Crippen MR) is 108 cm³/mol. The van der Waals surface area contributed by atoms with E-state index in [9.17, 15) is 0 Å². The highest BCUT2D eigenvalue weighted by Crippen LogP contribution is 2.15. The number of aliphatic imine (C=N–C) groups is 1. The Kier molecular flexibility index (Phi) is 5.78. The standard InChI is InChI=1S/C19H23BrN6/c1-21-19(25(3)14-18-11-16(20)13-24(18)2)22-12-15-5-7-17(8-6-15)26-10-4-9-23-26/h4-11,13H,12,14H2,1-3H3,(H,21,22). The fraction of sp³-hybridized carbons (Fsp3) is 0.263. The van der Waals surface area contributed by atoms with Gasteiger partial charge in [0.25, 0.3) is 0 Å². The lowest BCUT2D eigenvalue weighted by atomic mass is 10.2. The number of benzene rings is 1. The van der Waals surface area contributed by atoms with Crippen molar-refractivity contribution in [2.24, 2.45) is 12.0 Å². The van der Waals surface area contributed by atoms with Gasteiger partial charge in [-0.05, 0) is 45.8 Å². The van der Waals surface area contributed by atoms with Gasteiger partial charge >= 0.3 is 0 Å². The van der Waals surface area contributed by atoms with Crippen molar-refractivity contribution in [1.82, 2.24) is 24.6 Å². The summed E-state index contributed by atoms with van der Waals surface area (Å²) >= 11 is 3.52. The molecule has 1 aromatic carbocycles. The fourth-order valence-corrected chi connectivity index (χ4v) is 3.37. The molecule has 0 atom stereocenters. The van der Waals surface area contributed by atoms with Gasteiger partial charge in [-0.15, -0.1) is 0 Å². The second-order valence-corrected chi connectivity index (χ2v) is 7.05. The van der Waals surface area contributed by atoms with Crippen LogP contribution in [0, 0.1) is 0 Å². The molecule has 3 aromatic rings. The quantitative estimate of drug-likeness (QED) is 0.515. The van der Waals surface area contributed by atoms with Crippen LogP contribution in [0.15, 0.2) is 64.5 Å². The molecule has 0 saturated carbocycles. The number of aryl methyl sites for hydroxylation is 1. The molecule has 2 heterocycles. The van der Waals surface area contributed by atoms with Crippen molar-refractivity contribution in [1.29, 1.82) is 0 Å². The van der Waals surface area contributed by atoms with Crippen molar-refractivity contribution < 1.29 is 0 Å². The molecule has 26 heavy (non-hydrogen) atoms. The summed E-state index contributed by atoms with van der Waals surface area (Å²) in [6, 6.07) is 12.4. The first-order valence-corrected chi connectivity index (χ1v) is 9.17. The summed E-state index contributed by atoms with van der Waals surface area (Å²) in [5, 5.41) is 7.66. The van der Waals surface area contributed by atoms with Crippen LogP contribution in [-0.4, -0.2) is 39.3 Å². The van der Waals surface area contributed by atoms with Crippen LogP contribution in [0.4, 0.5) is 0 Å². The monoisotopic (exact) mass is 414 g/mol. The highest BCUT2D eigenvalue weighted by Gasteiger charge is 2.09. The minimum atomic E-state index is 0.716. The lowest BCUT2D eigenvalue weighted by molar-refractivity contribution is 0.461. The van der Waals surface area contributed by atoms with Gasteiger partial charge in [0.15, 0.2) is 5.96 Å². The van der Waals surface area contributed by atoms with Gasteiger partial charge in [-0.1, -0.05) is 12.1 Å². The summed E-state index contributed by atoms with van der Waals surface area (Å²) in [6.45, 7) is 1.49. The smallest absolute Gasteiger partial charge is 0.194 e. The highest BCUT2D eigenvalue weighted by atomic mass is 79.9. The van der Waals surface area contributed by atoms with E-state index in [1.807, 2.05) is 31.0 Å². The molecular weight excluding hydrogens is 392 g/mol. The minimum Gasteiger partial charge on any atom is -0.352 e. The Morgan fingerprint density at radius 3 is 2.65 bits per heavy atom. The van der Waals surface area contributed by atoms with Crippen LogP contribution in [0.1, 0.15) is 11.3 Å². The van der Waals surface area contributed by atoms with E-state index in [4.69, 9.17) is 0 Å². The zero-order valence-electron chi connectivity index (χ0n) is 15.2. The molecular formula is C19H23BrN6. The fourth-order valence-electron chi connectivity index (χ4n) is 2.80. The first-order chi connectivity index (χ1) is 12.6. The van der Waals surface area contributed by atoms with Gasteiger partial charge in [-0.25, -0.2) is 4.68 Å². The molecule has 6 nitrogen and oxygen atoms in total. The lowest BCUT2D eigenvalue weighted by Crippen LogP contribution is -2.38. The first kappa shape index (κ1) is 18.3. The summed E-state index contributed by atoms with van der Waals surface area (Å²) in [5.74, 6) is 0.860. The lowest BCUT2D eigenvalue weighted by Gasteiger charge is -2.22. The summed E-state index contributed by atoms with van der Waals surface area (Å²) in [5.41, 5.74) is 3.46. The average molecular weight is 415 g/mol. The van der Waals surface area contributed by atoms with E-state index in [0.29, 0.717) is 6.54 Å². The van der Waals surface area contributed by atoms with Crippen LogP contribution in [-0.2, 0) is 20.1 Å². The summed E-state index contributed by atoms with van der Waals surface area (Å²) in [7, 11) is 5.89. The molecule has 0 spiro atoms. The van der Waals surface area contributed by atoms with E-state index >= 15 is 0 Å². The van der Waals surface area contributed by atoms with Crippen LogP contribution < -0.4 is 5.32 Å². The van der Waals surface area contributed by atoms with Gasteiger partial charge < -0.3 is 14.8 Å². The second-order valence-electron chi connectivity index (χ2n) is 6.13. The number of rotatable bonds is 5. The maximum Gasteiger partial charge on any atom is 0.194 e. The van der Waals surface area contributed by atoms with E-state index < -0.39 is 0 Å². The van der Waals surface area contributed by atoms with E-state index in [-0.39, 0.29) is 0 Å². The number of nitrogens with zero attached hydrogens (tertiary/aromatic N) is 5. The maximum absolute atomic E-state index is 4.39. The third-order valence-electron chi connectivity index (χ3n) is 4.20. The first-order valence-electron chi connectivity index (χ1n) is 8.38. The molecule has 0 aliphatic carbocycles. The summed E-state index contributed by atoms with van der Waals surface area (Å²) < 4.78 is 5.05. The van der Waals surface area contributed by atoms with E-state index in [2.05, 4.69) is 77.3 Å². The molecule has 1 N–H and O–H groups in total. The van der Waals surface area contributed by atoms with Crippen molar-refractivity contribution in [2.75, 3.05) is 14.1 Å². The third-order valence-corrected chi connectivity index (χ3v) is 4.64. The molecule has 3 rings (SSSR count). The van der Waals surface area contributed by atoms with Crippen LogP contribution in [0.2, 0.25) is 0 Å². The van der Waals surface area contributed by atoms with Gasteiger partial charge in [0.05, 0.1) is 12.2 Å². The van der Waals surface area contributed by atoms with Gasteiger partial charge in [0.2, 0.25) is 0 Å². The largest absolute Gasteiger partial charge is 0.352 e. The average Bonchev–Trinajstić information content (AvgIpc) is 3.26. The Hall–Kier alpha value is -2.54. The molecule has 0 radical (unpaired) electrons. The maximum atomic E-state index is 4.39. The Bertz CT molecular complexity index is 864. The number of hydrogen-bond donors (Lipinski definition) is 1. The number of nitrogens with one attached hydrogen (secondary N) is 1. The molecule has 2 aromatic heterocycles. The number of halogens is 1. The Labute approximate surface area is 162 Å². The zero-order chi connectivity index (χ0) is 18.5. The van der Waals surface area contributed by atoms with E-state index in [1.54, 1.807) is 13.2 Å². The molecule has 136 valence electrons. The molecule has 0 fully saturated rings. The molecule has 0 unspecified atom stereocenters. The highest BCUT2D eigenvalue weighted by molar-refractivity contribution is 9.10. The van der Waals surface area contributed by atoms with Crippen molar-refractivity contribution in [3.63, 3.8) is 0 Å². The van der Waals surface area contributed by atoms with Crippen molar-refractivity contribution in [3.05, 3.63) is 70.7 Å². The molecule has 0 aliphatic rings. The van der Waals surface area contributed by atoms with Crippen LogP contribution >= 0.6 is 15.9 Å². The predicted octanol–water partition coefficient (Wildman–Crippen LogP) is 3.18. The zero-order valence-corrected chi connectivity index (χ0v) is 16.8. The SMILES string of the molecule is CN=C(NCc1ccc(-n2cccn2)cc1)N(C)Cc1cc(Br)cn1C. The van der Waals surface area contributed by atoms with Crippen LogP contribution in [0.3, 0.4) is 0 Å². The van der Waals surface area contributed by atoms with Crippen molar-refractivity contribution in [2.45, 2.75) is 13.1 Å². The van der Waals surface area contributed by atoms with Crippen molar-refractivity contribution >= 4 is 21.9 Å². The minimum absolute atomic E-state index is 0.716. The number of hydrogen-bond acceptors (Lipinski definition) is 2. The molecule has 0 saturated heterocycles. The molecule has 0 aliphatic heterocycles. The van der Waals surface area contributed by atoms with E-state index in [1.165, 1.54) is 11.3 Å². The molecule has 7 heteroatoms. The molecule has 0 amide bonds. The Morgan fingerprint density at radius 2 is 2.08 bits per heavy atom. The third kappa shape index (κ3) is 4.35. The summed E-state index contributed by atoms with van der Waals surface area (Å²) in [4.78, 5) is 6.50. The molecule has 0 bridgehead atoms. The van der Waals surface area contributed by atoms with Gasteiger partial charge in [0, 0.05) is 56.4 Å². The van der Waals surface area contributed by atoms with Gasteiger partial charge in [-0.2, -0.15) is 5.10 Å². The van der Waals surface area contributed by atoms with Crippen molar-refractivity contribution in [3.8, 4) is 5.69 Å². The number of guanidine groups is 1. The van der Waals surface area contributed by atoms with E-state index in [0.717, 1.165) is 22.7 Å². The van der Waals surface area contributed by atoms with Crippen LogP contribution in [0.25, 0.3) is 5.69 Å². The topological polar surface area (TPSA) is 50.4 Å². The Morgan fingerprint density at radius 1 is 1.31 bits per heavy atom. The summed E-state index contributed by atoms with van der Waals surface area (Å²) in [6.07, 6.45) is 5.77. The Balaban J connectivity index is 1.59. The van der Waals surface area contributed by atoms with Crippen LogP contribution in [0.5, 0.6) is 0 Å². The van der Waals surface area contributed by atoms with Gasteiger partial charge in [-0.3, -0.25) is 4.99 Å². The second kappa shape index (κ2) is 8.23. The van der Waals surface area contributed by atoms with Gasteiger partial charge in [0.1, 0.15) is 0 Å². The normalized spacial score (nSPS) is 11.6.